The lowest BCUT2D eigenvalue weighted by Gasteiger charge is -2.26. The van der Waals surface area contributed by atoms with Crippen molar-refractivity contribution >= 4 is 17.4 Å². The molecule has 0 atom stereocenters. The molecule has 0 aliphatic heterocycles. The highest BCUT2D eigenvalue weighted by atomic mass is 19.4. The minimum atomic E-state index is -4.79. The predicted octanol–water partition coefficient (Wildman–Crippen LogP) is 6.30. The van der Waals surface area contributed by atoms with E-state index in [1.807, 2.05) is 26.0 Å². The monoisotopic (exact) mass is 461 g/mol. The molecule has 2 amide bonds. The number of amides is 2. The van der Waals surface area contributed by atoms with Crippen LogP contribution in [-0.4, -0.2) is 24.5 Å². The van der Waals surface area contributed by atoms with E-state index >= 15 is 0 Å². The highest BCUT2D eigenvalue weighted by molar-refractivity contribution is 6.00. The molecule has 10 heteroatoms. The summed E-state index contributed by atoms with van der Waals surface area (Å²) in [7, 11) is 1.59. The number of para-hydroxylation sites is 1. The zero-order chi connectivity index (χ0) is 24.1. The molecule has 33 heavy (non-hydrogen) atoms. The van der Waals surface area contributed by atoms with Gasteiger partial charge < -0.3 is 24.8 Å². The summed E-state index contributed by atoms with van der Waals surface area (Å²) in [6.45, 7) is 3.79. The number of hydrogen-bond donors (Lipinski definition) is 2. The van der Waals surface area contributed by atoms with Crippen LogP contribution in [0.2, 0.25) is 0 Å². The third-order valence-corrected chi connectivity index (χ3v) is 4.62. The number of halogens is 3. The molecule has 2 N–H and O–H groups in total. The van der Waals surface area contributed by atoms with Gasteiger partial charge in [-0.15, -0.1) is 13.2 Å². The van der Waals surface area contributed by atoms with Crippen molar-refractivity contribution in [2.75, 3.05) is 17.7 Å². The first-order valence-corrected chi connectivity index (χ1v) is 9.79. The van der Waals surface area contributed by atoms with Crippen molar-refractivity contribution in [1.82, 2.24) is 4.98 Å². The van der Waals surface area contributed by atoms with Gasteiger partial charge >= 0.3 is 12.4 Å². The van der Waals surface area contributed by atoms with E-state index in [9.17, 15) is 18.0 Å². The van der Waals surface area contributed by atoms with Crippen molar-refractivity contribution in [1.29, 1.82) is 0 Å². The zero-order valence-electron chi connectivity index (χ0n) is 18.1. The number of anilines is 2. The number of carbonyl (C=O) groups excluding carboxylic acids is 1. The Kier molecular flexibility index (Phi) is 7.07. The summed E-state index contributed by atoms with van der Waals surface area (Å²) < 4.78 is 52.2. The number of carbonyl (C=O) groups is 1. The van der Waals surface area contributed by atoms with Crippen molar-refractivity contribution < 1.29 is 32.2 Å². The fourth-order valence-corrected chi connectivity index (χ4v) is 2.86. The Hall–Kier alpha value is -3.79. The van der Waals surface area contributed by atoms with Crippen molar-refractivity contribution in [3.8, 4) is 17.4 Å². The maximum atomic E-state index is 12.4. The van der Waals surface area contributed by atoms with Gasteiger partial charge in [0, 0.05) is 24.6 Å². The largest absolute Gasteiger partial charge is 0.573 e. The van der Waals surface area contributed by atoms with Crippen LogP contribution in [0.25, 0.3) is 0 Å². The van der Waals surface area contributed by atoms with Crippen molar-refractivity contribution in [2.45, 2.75) is 25.8 Å². The van der Waals surface area contributed by atoms with Crippen LogP contribution in [0.5, 0.6) is 17.4 Å². The van der Waals surface area contributed by atoms with Crippen LogP contribution in [0.1, 0.15) is 19.4 Å². The van der Waals surface area contributed by atoms with Crippen molar-refractivity contribution in [3.63, 3.8) is 0 Å². The summed E-state index contributed by atoms with van der Waals surface area (Å²) in [6, 6.07) is 14.6. The van der Waals surface area contributed by atoms with E-state index in [1.165, 1.54) is 18.3 Å². The van der Waals surface area contributed by atoms with Crippen LogP contribution in [0.15, 0.2) is 66.9 Å². The highest BCUT2D eigenvalue weighted by Crippen LogP contribution is 2.36. The quantitative estimate of drug-likeness (QED) is 0.432. The molecule has 3 rings (SSSR count). The topological polar surface area (TPSA) is 81.7 Å². The van der Waals surface area contributed by atoms with Crippen LogP contribution in [0.3, 0.4) is 0 Å². The Balaban J connectivity index is 1.72. The summed E-state index contributed by atoms with van der Waals surface area (Å²) in [5.41, 5.74) is 0.713. The minimum Gasteiger partial charge on any atom is -0.437 e. The Morgan fingerprint density at radius 2 is 1.64 bits per heavy atom. The van der Waals surface area contributed by atoms with Gasteiger partial charge in [-0.25, -0.2) is 9.78 Å². The molecule has 0 aliphatic carbocycles. The number of alkyl halides is 3. The van der Waals surface area contributed by atoms with Crippen molar-refractivity contribution in [2.24, 2.45) is 0 Å². The van der Waals surface area contributed by atoms with Crippen molar-refractivity contribution in [3.05, 3.63) is 72.4 Å². The molecule has 0 spiro atoms. The number of nitrogens with zero attached hydrogens (tertiary/aromatic N) is 1. The predicted molar refractivity (Wildman–Crippen MR) is 117 cm³/mol. The second-order valence-corrected chi connectivity index (χ2v) is 7.32. The summed E-state index contributed by atoms with van der Waals surface area (Å²) in [5, 5.41) is 5.15. The van der Waals surface area contributed by atoms with E-state index in [2.05, 4.69) is 20.4 Å². The number of benzene rings is 2. The average Bonchev–Trinajstić information content (AvgIpc) is 2.76. The Labute approximate surface area is 188 Å². The van der Waals surface area contributed by atoms with E-state index in [0.717, 1.165) is 17.7 Å². The molecular weight excluding hydrogens is 439 g/mol. The number of urea groups is 1. The fourth-order valence-electron chi connectivity index (χ4n) is 2.86. The van der Waals surface area contributed by atoms with Gasteiger partial charge in [0.2, 0.25) is 5.88 Å². The normalized spacial score (nSPS) is 11.6. The summed E-state index contributed by atoms with van der Waals surface area (Å²) in [4.78, 5) is 16.6. The molecule has 3 aromatic rings. The molecule has 0 saturated carbocycles. The van der Waals surface area contributed by atoms with Gasteiger partial charge in [-0.3, -0.25) is 0 Å². The summed E-state index contributed by atoms with van der Waals surface area (Å²) in [6.07, 6.45) is -3.28. The molecular formula is C23H22F3N3O4. The van der Waals surface area contributed by atoms with Crippen LogP contribution < -0.4 is 20.1 Å². The molecule has 1 aromatic heterocycles. The van der Waals surface area contributed by atoms with Gasteiger partial charge in [-0.05, 0) is 56.3 Å². The molecule has 0 aliphatic rings. The fraction of sp³-hybridized carbons (Fsp3) is 0.217. The molecule has 174 valence electrons. The van der Waals surface area contributed by atoms with Crippen LogP contribution >= 0.6 is 0 Å². The first-order valence-electron chi connectivity index (χ1n) is 9.79. The van der Waals surface area contributed by atoms with Gasteiger partial charge in [0.15, 0.2) is 0 Å². The number of ether oxygens (including phenoxy) is 3. The number of hydrogen-bond acceptors (Lipinski definition) is 5. The third kappa shape index (κ3) is 6.59. The number of rotatable bonds is 7. The third-order valence-electron chi connectivity index (χ3n) is 4.62. The standard InChI is InChI=1S/C23H22F3N3O4/c1-22(2,31-3)17-7-4-5-9-19(17)32-20-18(8-6-14-27-20)29-21(30)28-15-10-12-16(13-11-15)33-23(24,25)26/h4-14H,1-3H3,(H2,28,29,30). The number of aromatic nitrogens is 1. The van der Waals surface area contributed by atoms with Gasteiger partial charge in [-0.2, -0.15) is 0 Å². The highest BCUT2D eigenvalue weighted by Gasteiger charge is 2.31. The minimum absolute atomic E-state index is 0.154. The molecule has 7 nitrogen and oxygen atoms in total. The Morgan fingerprint density at radius 3 is 2.30 bits per heavy atom. The van der Waals surface area contributed by atoms with Gasteiger partial charge in [0.25, 0.3) is 0 Å². The van der Waals surface area contributed by atoms with Gasteiger partial charge in [0.1, 0.15) is 17.2 Å². The number of nitrogens with one attached hydrogen (secondary N) is 2. The van der Waals surface area contributed by atoms with E-state index < -0.39 is 23.7 Å². The number of methoxy groups -OCH3 is 1. The van der Waals surface area contributed by atoms with Gasteiger partial charge in [-0.1, -0.05) is 18.2 Å². The van der Waals surface area contributed by atoms with Crippen LogP contribution in [0, 0.1) is 0 Å². The lowest BCUT2D eigenvalue weighted by atomic mass is 9.97. The smallest absolute Gasteiger partial charge is 0.437 e. The summed E-state index contributed by atoms with van der Waals surface area (Å²) >= 11 is 0. The van der Waals surface area contributed by atoms with Crippen LogP contribution in [-0.2, 0) is 10.3 Å². The molecule has 0 fully saturated rings. The second-order valence-electron chi connectivity index (χ2n) is 7.32. The Bertz CT molecular complexity index is 1100. The molecule has 0 saturated heterocycles. The molecule has 0 bridgehead atoms. The lowest BCUT2D eigenvalue weighted by Crippen LogP contribution is -2.21. The Morgan fingerprint density at radius 1 is 0.939 bits per heavy atom. The molecule has 0 unspecified atom stereocenters. The lowest BCUT2D eigenvalue weighted by molar-refractivity contribution is -0.274. The SMILES string of the molecule is COC(C)(C)c1ccccc1Oc1ncccc1NC(=O)Nc1ccc(OC(F)(F)F)cc1. The molecule has 1 heterocycles. The maximum Gasteiger partial charge on any atom is 0.573 e. The van der Waals surface area contributed by atoms with Gasteiger partial charge in [0.05, 0.1) is 5.60 Å². The van der Waals surface area contributed by atoms with E-state index in [1.54, 1.807) is 31.4 Å². The maximum absolute atomic E-state index is 12.4. The van der Waals surface area contributed by atoms with E-state index in [-0.39, 0.29) is 17.3 Å². The first kappa shape index (κ1) is 23.9. The number of pyridine rings is 1. The average molecular weight is 461 g/mol. The summed E-state index contributed by atoms with van der Waals surface area (Å²) in [5.74, 6) is 0.266. The zero-order valence-corrected chi connectivity index (χ0v) is 18.1. The van der Waals surface area contributed by atoms with E-state index in [0.29, 0.717) is 5.75 Å². The van der Waals surface area contributed by atoms with E-state index in [4.69, 9.17) is 9.47 Å². The molecule has 2 aromatic carbocycles. The first-order chi connectivity index (χ1) is 15.6. The van der Waals surface area contributed by atoms with Crippen LogP contribution in [0.4, 0.5) is 29.3 Å². The second kappa shape index (κ2) is 9.78. The molecule has 0 radical (unpaired) electrons.